The normalized spacial score (nSPS) is 14.1. The van der Waals surface area contributed by atoms with Gasteiger partial charge in [0.15, 0.2) is 6.04 Å². The van der Waals surface area contributed by atoms with Crippen LogP contribution in [0.15, 0.2) is 12.2 Å². The van der Waals surface area contributed by atoms with E-state index in [9.17, 15) is 9.59 Å². The molecule has 2 atom stereocenters. The molecule has 0 rings (SSSR count). The van der Waals surface area contributed by atoms with Crippen molar-refractivity contribution in [2.75, 3.05) is 13.7 Å². The maximum atomic E-state index is 11.7. The lowest BCUT2D eigenvalue weighted by atomic mass is 10.2. The lowest BCUT2D eigenvalue weighted by Crippen LogP contribution is -2.50. The topological polar surface area (TPSA) is 73.9 Å². The highest BCUT2D eigenvalue weighted by Crippen LogP contribution is 2.09. The summed E-state index contributed by atoms with van der Waals surface area (Å²) >= 11 is 0. The summed E-state index contributed by atoms with van der Waals surface area (Å²) in [4.78, 5) is 23.4. The standard InChI is InChI=1S/C14H25NO5/c1-9(2)8-19-10(3)11(12(16)18-7)15-13(17)20-14(4,5)6/h10-11H,1,8H2,2-7H3,(H,15,17)/t10-,11?/m1/s1. The van der Waals surface area contributed by atoms with Gasteiger partial charge in [-0.15, -0.1) is 0 Å². The highest BCUT2D eigenvalue weighted by atomic mass is 16.6. The average Bonchev–Trinajstić information content (AvgIpc) is 2.29. The van der Waals surface area contributed by atoms with Crippen LogP contribution in [0.5, 0.6) is 0 Å². The zero-order valence-electron chi connectivity index (χ0n) is 13.1. The second-order valence-corrected chi connectivity index (χ2v) is 5.62. The molecule has 1 N–H and O–H groups in total. The second-order valence-electron chi connectivity index (χ2n) is 5.62. The van der Waals surface area contributed by atoms with E-state index in [1.807, 2.05) is 0 Å². The number of nitrogens with one attached hydrogen (secondary N) is 1. The zero-order chi connectivity index (χ0) is 15.9. The van der Waals surface area contributed by atoms with Crippen LogP contribution in [0.3, 0.4) is 0 Å². The molecule has 0 saturated heterocycles. The maximum Gasteiger partial charge on any atom is 0.408 e. The second kappa shape index (κ2) is 7.89. The third kappa shape index (κ3) is 7.78. The molecule has 0 fully saturated rings. The predicted octanol–water partition coefficient (Wildman–Crippen LogP) is 2.03. The van der Waals surface area contributed by atoms with Gasteiger partial charge in [0.25, 0.3) is 0 Å². The summed E-state index contributed by atoms with van der Waals surface area (Å²) in [6.07, 6.45) is -1.26. The van der Waals surface area contributed by atoms with Crippen molar-refractivity contribution in [2.45, 2.75) is 52.4 Å². The first-order valence-corrected chi connectivity index (χ1v) is 6.40. The van der Waals surface area contributed by atoms with Gasteiger partial charge >= 0.3 is 12.1 Å². The molecule has 0 aromatic carbocycles. The molecule has 6 heteroatoms. The first-order chi connectivity index (χ1) is 9.06. The summed E-state index contributed by atoms with van der Waals surface area (Å²) in [5.74, 6) is -0.593. The van der Waals surface area contributed by atoms with Crippen LogP contribution in [-0.2, 0) is 19.0 Å². The summed E-state index contributed by atoms with van der Waals surface area (Å²) in [6, 6.07) is -0.936. The van der Waals surface area contributed by atoms with Crippen LogP contribution in [0.4, 0.5) is 4.79 Å². The Bertz CT molecular complexity index is 359. The van der Waals surface area contributed by atoms with Gasteiger partial charge in [-0.1, -0.05) is 12.2 Å². The van der Waals surface area contributed by atoms with E-state index < -0.39 is 29.8 Å². The first kappa shape index (κ1) is 18.4. The average molecular weight is 287 g/mol. The Labute approximate surface area is 120 Å². The molecule has 20 heavy (non-hydrogen) atoms. The molecular weight excluding hydrogens is 262 g/mol. The molecule has 0 aromatic heterocycles. The van der Waals surface area contributed by atoms with Gasteiger partial charge in [0.2, 0.25) is 0 Å². The Morgan fingerprint density at radius 1 is 1.30 bits per heavy atom. The molecule has 1 amide bonds. The molecule has 0 aliphatic heterocycles. The van der Waals surface area contributed by atoms with E-state index in [0.717, 1.165) is 5.57 Å². The van der Waals surface area contributed by atoms with Gasteiger partial charge in [-0.05, 0) is 34.6 Å². The van der Waals surface area contributed by atoms with Crippen LogP contribution in [0.2, 0.25) is 0 Å². The van der Waals surface area contributed by atoms with Crippen molar-refractivity contribution in [3.63, 3.8) is 0 Å². The maximum absolute atomic E-state index is 11.7. The largest absolute Gasteiger partial charge is 0.467 e. The van der Waals surface area contributed by atoms with E-state index in [2.05, 4.69) is 16.6 Å². The lowest BCUT2D eigenvalue weighted by Gasteiger charge is -2.25. The Morgan fingerprint density at radius 3 is 2.25 bits per heavy atom. The molecule has 0 saturated carbocycles. The van der Waals surface area contributed by atoms with E-state index in [4.69, 9.17) is 9.47 Å². The van der Waals surface area contributed by atoms with E-state index in [1.165, 1.54) is 7.11 Å². The van der Waals surface area contributed by atoms with Gasteiger partial charge in [0.05, 0.1) is 19.8 Å². The summed E-state index contributed by atoms with van der Waals surface area (Å²) in [5.41, 5.74) is 0.171. The fourth-order valence-electron chi connectivity index (χ4n) is 1.30. The van der Waals surface area contributed by atoms with Crippen LogP contribution in [-0.4, -0.2) is 43.5 Å². The number of rotatable bonds is 6. The third-order valence-electron chi connectivity index (χ3n) is 2.19. The fraction of sp³-hybridized carbons (Fsp3) is 0.714. The Kier molecular flexibility index (Phi) is 7.28. The monoisotopic (exact) mass is 287 g/mol. The van der Waals surface area contributed by atoms with Gasteiger partial charge in [-0.2, -0.15) is 0 Å². The van der Waals surface area contributed by atoms with Crippen LogP contribution in [0, 0.1) is 0 Å². The van der Waals surface area contributed by atoms with Gasteiger partial charge in [-0.3, -0.25) is 0 Å². The molecular formula is C14H25NO5. The quantitative estimate of drug-likeness (QED) is 0.597. The van der Waals surface area contributed by atoms with Gasteiger partial charge in [0.1, 0.15) is 5.60 Å². The summed E-state index contributed by atoms with van der Waals surface area (Å²) in [6.45, 7) is 12.7. The van der Waals surface area contributed by atoms with Crippen LogP contribution in [0.1, 0.15) is 34.6 Å². The number of methoxy groups -OCH3 is 1. The molecule has 0 heterocycles. The van der Waals surface area contributed by atoms with Crippen molar-refractivity contribution in [1.82, 2.24) is 5.32 Å². The smallest absolute Gasteiger partial charge is 0.408 e. The first-order valence-electron chi connectivity index (χ1n) is 6.40. The van der Waals surface area contributed by atoms with Crippen molar-refractivity contribution >= 4 is 12.1 Å². The van der Waals surface area contributed by atoms with Crippen LogP contribution >= 0.6 is 0 Å². The Hall–Kier alpha value is -1.56. The van der Waals surface area contributed by atoms with Crippen molar-refractivity contribution in [3.05, 3.63) is 12.2 Å². The van der Waals surface area contributed by atoms with E-state index in [1.54, 1.807) is 34.6 Å². The summed E-state index contributed by atoms with van der Waals surface area (Å²) in [7, 11) is 1.25. The van der Waals surface area contributed by atoms with Crippen LogP contribution in [0.25, 0.3) is 0 Å². The molecule has 0 radical (unpaired) electrons. The molecule has 6 nitrogen and oxygen atoms in total. The molecule has 0 bridgehead atoms. The van der Waals surface area contributed by atoms with Gasteiger partial charge < -0.3 is 19.5 Å². The molecule has 0 aliphatic carbocycles. The predicted molar refractivity (Wildman–Crippen MR) is 75.4 cm³/mol. The number of carbonyl (C=O) groups excluding carboxylic acids is 2. The number of carbonyl (C=O) groups is 2. The number of ether oxygens (including phenoxy) is 3. The van der Waals surface area contributed by atoms with Crippen LogP contribution < -0.4 is 5.32 Å². The number of alkyl carbamates (subject to hydrolysis) is 1. The Balaban J connectivity index is 4.68. The number of amides is 1. The molecule has 0 spiro atoms. The number of esters is 1. The van der Waals surface area contributed by atoms with Crippen molar-refractivity contribution in [3.8, 4) is 0 Å². The van der Waals surface area contributed by atoms with E-state index >= 15 is 0 Å². The molecule has 1 unspecified atom stereocenters. The van der Waals surface area contributed by atoms with Crippen molar-refractivity contribution in [2.24, 2.45) is 0 Å². The number of hydrogen-bond donors (Lipinski definition) is 1. The minimum Gasteiger partial charge on any atom is -0.467 e. The van der Waals surface area contributed by atoms with Gasteiger partial charge in [0, 0.05) is 0 Å². The highest BCUT2D eigenvalue weighted by Gasteiger charge is 2.30. The van der Waals surface area contributed by atoms with Crippen molar-refractivity contribution < 1.29 is 23.8 Å². The highest BCUT2D eigenvalue weighted by molar-refractivity contribution is 5.82. The van der Waals surface area contributed by atoms with E-state index in [0.29, 0.717) is 6.61 Å². The third-order valence-corrected chi connectivity index (χ3v) is 2.19. The molecule has 0 aliphatic rings. The summed E-state index contributed by atoms with van der Waals surface area (Å²) < 4.78 is 15.2. The Morgan fingerprint density at radius 2 is 1.85 bits per heavy atom. The minimum absolute atomic E-state index is 0.296. The zero-order valence-corrected chi connectivity index (χ0v) is 13.1. The fourth-order valence-corrected chi connectivity index (χ4v) is 1.30. The lowest BCUT2D eigenvalue weighted by molar-refractivity contribution is -0.146. The molecule has 0 aromatic rings. The van der Waals surface area contributed by atoms with E-state index in [-0.39, 0.29) is 0 Å². The van der Waals surface area contributed by atoms with Gasteiger partial charge in [-0.25, -0.2) is 9.59 Å². The number of hydrogen-bond acceptors (Lipinski definition) is 5. The minimum atomic E-state index is -0.936. The van der Waals surface area contributed by atoms with Crippen molar-refractivity contribution in [1.29, 1.82) is 0 Å². The molecule has 116 valence electrons. The SMILES string of the molecule is C=C(C)CO[C@H](C)C(NC(=O)OC(C)(C)C)C(=O)OC. The summed E-state index contributed by atoms with van der Waals surface area (Å²) in [5, 5.41) is 2.46.